The highest BCUT2D eigenvalue weighted by Crippen LogP contribution is 2.25. The molecule has 19 heavy (non-hydrogen) atoms. The van der Waals surface area contributed by atoms with Crippen molar-refractivity contribution in [3.8, 4) is 5.75 Å². The predicted molar refractivity (Wildman–Crippen MR) is 77.5 cm³/mol. The lowest BCUT2D eigenvalue weighted by Crippen LogP contribution is -2.05. The van der Waals surface area contributed by atoms with Crippen LogP contribution in [0.2, 0.25) is 10.0 Å². The fraction of sp³-hybridized carbons (Fsp3) is 0.133. The van der Waals surface area contributed by atoms with E-state index < -0.39 is 0 Å². The lowest BCUT2D eigenvalue weighted by atomic mass is 10.0. The first kappa shape index (κ1) is 13.9. The molecule has 0 aliphatic carbocycles. The average Bonchev–Trinajstić information content (AvgIpc) is 2.38. The van der Waals surface area contributed by atoms with Gasteiger partial charge in [0.2, 0.25) is 0 Å². The first-order chi connectivity index (χ1) is 9.11. The number of carbonyl (C=O) groups excluding carboxylic acids is 1. The molecule has 0 atom stereocenters. The first-order valence-electron chi connectivity index (χ1n) is 5.84. The molecule has 2 aromatic carbocycles. The minimum Gasteiger partial charge on any atom is -0.493 e. The van der Waals surface area contributed by atoms with Crippen LogP contribution in [0.25, 0.3) is 0 Å². The van der Waals surface area contributed by atoms with Gasteiger partial charge in [-0.05, 0) is 37.3 Å². The second-order valence-electron chi connectivity index (χ2n) is 3.92. The Morgan fingerprint density at radius 3 is 2.37 bits per heavy atom. The minimum absolute atomic E-state index is 0.159. The van der Waals surface area contributed by atoms with Gasteiger partial charge in [0.15, 0.2) is 5.78 Å². The van der Waals surface area contributed by atoms with Gasteiger partial charge in [-0.3, -0.25) is 4.79 Å². The van der Waals surface area contributed by atoms with Crippen molar-refractivity contribution in [2.75, 3.05) is 6.61 Å². The lowest BCUT2D eigenvalue weighted by Gasteiger charge is -2.09. The van der Waals surface area contributed by atoms with Crippen LogP contribution in [0.4, 0.5) is 0 Å². The van der Waals surface area contributed by atoms with E-state index in [-0.39, 0.29) is 5.78 Å². The topological polar surface area (TPSA) is 26.3 Å². The SMILES string of the molecule is CCOc1ccccc1C(=O)c1cc(Cl)cc(Cl)c1. The maximum atomic E-state index is 12.4. The van der Waals surface area contributed by atoms with Crippen LogP contribution < -0.4 is 4.74 Å². The van der Waals surface area contributed by atoms with Crippen molar-refractivity contribution in [1.82, 2.24) is 0 Å². The summed E-state index contributed by atoms with van der Waals surface area (Å²) in [7, 11) is 0. The zero-order valence-corrected chi connectivity index (χ0v) is 11.8. The number of halogens is 2. The van der Waals surface area contributed by atoms with Crippen LogP contribution in [0.15, 0.2) is 42.5 Å². The maximum Gasteiger partial charge on any atom is 0.196 e. The third-order valence-electron chi connectivity index (χ3n) is 2.56. The number of rotatable bonds is 4. The average molecular weight is 295 g/mol. The predicted octanol–water partition coefficient (Wildman–Crippen LogP) is 4.62. The van der Waals surface area contributed by atoms with Gasteiger partial charge in [-0.15, -0.1) is 0 Å². The fourth-order valence-corrected chi connectivity index (χ4v) is 2.30. The highest BCUT2D eigenvalue weighted by molar-refractivity contribution is 6.35. The van der Waals surface area contributed by atoms with Crippen LogP contribution in [0.1, 0.15) is 22.8 Å². The van der Waals surface area contributed by atoms with E-state index in [1.165, 1.54) is 0 Å². The molecule has 0 N–H and O–H groups in total. The molecule has 2 rings (SSSR count). The summed E-state index contributed by atoms with van der Waals surface area (Å²) in [5, 5.41) is 0.870. The van der Waals surface area contributed by atoms with Crippen molar-refractivity contribution in [1.29, 1.82) is 0 Å². The molecule has 98 valence electrons. The minimum atomic E-state index is -0.159. The summed E-state index contributed by atoms with van der Waals surface area (Å²) in [6.07, 6.45) is 0. The molecule has 0 saturated heterocycles. The second-order valence-corrected chi connectivity index (χ2v) is 4.79. The summed E-state index contributed by atoms with van der Waals surface area (Å²) in [6.45, 7) is 2.37. The Labute approximate surface area is 121 Å². The molecule has 0 amide bonds. The molecule has 0 unspecified atom stereocenters. The standard InChI is InChI=1S/C15H12Cl2O2/c1-2-19-14-6-4-3-5-13(14)15(18)10-7-11(16)9-12(17)8-10/h3-9H,2H2,1H3. The van der Waals surface area contributed by atoms with Gasteiger partial charge in [0.1, 0.15) is 5.75 Å². The van der Waals surface area contributed by atoms with Crippen molar-refractivity contribution in [2.45, 2.75) is 6.92 Å². The molecule has 0 spiro atoms. The molecule has 0 fully saturated rings. The van der Waals surface area contributed by atoms with E-state index in [1.807, 2.05) is 13.0 Å². The fourth-order valence-electron chi connectivity index (χ4n) is 1.78. The van der Waals surface area contributed by atoms with Crippen molar-refractivity contribution in [3.05, 3.63) is 63.6 Å². The Morgan fingerprint density at radius 2 is 1.74 bits per heavy atom. The third-order valence-corrected chi connectivity index (χ3v) is 2.99. The van der Waals surface area contributed by atoms with E-state index in [4.69, 9.17) is 27.9 Å². The van der Waals surface area contributed by atoms with Crippen molar-refractivity contribution in [3.63, 3.8) is 0 Å². The molecule has 2 nitrogen and oxygen atoms in total. The van der Waals surface area contributed by atoms with Crippen LogP contribution >= 0.6 is 23.2 Å². The van der Waals surface area contributed by atoms with Crippen LogP contribution in [-0.2, 0) is 0 Å². The van der Waals surface area contributed by atoms with E-state index in [0.717, 1.165) is 0 Å². The van der Waals surface area contributed by atoms with Gasteiger partial charge in [0.25, 0.3) is 0 Å². The quantitative estimate of drug-likeness (QED) is 0.769. The summed E-state index contributed by atoms with van der Waals surface area (Å²) in [5.41, 5.74) is 0.951. The van der Waals surface area contributed by atoms with Crippen molar-refractivity contribution in [2.24, 2.45) is 0 Å². The highest BCUT2D eigenvalue weighted by Gasteiger charge is 2.15. The first-order valence-corrected chi connectivity index (χ1v) is 6.60. The number of carbonyl (C=O) groups is 1. The molecule has 0 aliphatic rings. The van der Waals surface area contributed by atoms with Crippen molar-refractivity contribution >= 4 is 29.0 Å². The highest BCUT2D eigenvalue weighted by atomic mass is 35.5. The summed E-state index contributed by atoms with van der Waals surface area (Å²) < 4.78 is 5.45. The molecule has 0 heterocycles. The Morgan fingerprint density at radius 1 is 1.11 bits per heavy atom. The molecule has 0 aromatic heterocycles. The molecule has 4 heteroatoms. The van der Waals surface area contributed by atoms with Gasteiger partial charge < -0.3 is 4.74 Å². The molecule has 0 bridgehead atoms. The van der Waals surface area contributed by atoms with Gasteiger partial charge in [0.05, 0.1) is 12.2 Å². The van der Waals surface area contributed by atoms with E-state index in [1.54, 1.807) is 36.4 Å². The molecule has 0 saturated carbocycles. The number of ketones is 1. The van der Waals surface area contributed by atoms with Gasteiger partial charge in [-0.2, -0.15) is 0 Å². The number of ether oxygens (including phenoxy) is 1. The van der Waals surface area contributed by atoms with Gasteiger partial charge >= 0.3 is 0 Å². The number of hydrogen-bond acceptors (Lipinski definition) is 2. The number of benzene rings is 2. The molecule has 0 aliphatic heterocycles. The van der Waals surface area contributed by atoms with Gasteiger partial charge in [0, 0.05) is 15.6 Å². The third kappa shape index (κ3) is 3.28. The molecule has 2 aromatic rings. The Bertz CT molecular complexity index is 589. The van der Waals surface area contributed by atoms with Crippen molar-refractivity contribution < 1.29 is 9.53 Å². The summed E-state index contributed by atoms with van der Waals surface area (Å²) in [4.78, 5) is 12.4. The van der Waals surface area contributed by atoms with E-state index in [9.17, 15) is 4.79 Å². The van der Waals surface area contributed by atoms with Crippen LogP contribution in [0.5, 0.6) is 5.75 Å². The lowest BCUT2D eigenvalue weighted by molar-refractivity contribution is 0.103. The summed E-state index contributed by atoms with van der Waals surface area (Å²) in [6, 6.07) is 11.9. The van der Waals surface area contributed by atoms with Crippen LogP contribution in [-0.4, -0.2) is 12.4 Å². The van der Waals surface area contributed by atoms with Crippen LogP contribution in [0.3, 0.4) is 0 Å². The normalized spacial score (nSPS) is 10.3. The summed E-state index contributed by atoms with van der Waals surface area (Å²) in [5.74, 6) is 0.402. The Kier molecular flexibility index (Phi) is 4.46. The summed E-state index contributed by atoms with van der Waals surface area (Å²) >= 11 is 11.8. The maximum absolute atomic E-state index is 12.4. The number of para-hydroxylation sites is 1. The smallest absolute Gasteiger partial charge is 0.196 e. The monoisotopic (exact) mass is 294 g/mol. The van der Waals surface area contributed by atoms with Crippen LogP contribution in [0, 0.1) is 0 Å². The molecular formula is C15H12Cl2O2. The zero-order chi connectivity index (χ0) is 13.8. The number of hydrogen-bond donors (Lipinski definition) is 0. The molecular weight excluding hydrogens is 283 g/mol. The van der Waals surface area contributed by atoms with E-state index in [0.29, 0.717) is 33.5 Å². The zero-order valence-electron chi connectivity index (χ0n) is 10.3. The second kappa shape index (κ2) is 6.09. The largest absolute Gasteiger partial charge is 0.493 e. The molecule has 0 radical (unpaired) electrons. The Hall–Kier alpha value is -1.51. The van der Waals surface area contributed by atoms with E-state index >= 15 is 0 Å². The Balaban J connectivity index is 2.44. The van der Waals surface area contributed by atoms with Gasteiger partial charge in [-0.1, -0.05) is 35.3 Å². The van der Waals surface area contributed by atoms with E-state index in [2.05, 4.69) is 0 Å². The van der Waals surface area contributed by atoms with Gasteiger partial charge in [-0.25, -0.2) is 0 Å².